The van der Waals surface area contributed by atoms with Crippen molar-refractivity contribution in [2.24, 2.45) is 5.92 Å². The quantitative estimate of drug-likeness (QED) is 0.767. The van der Waals surface area contributed by atoms with Crippen molar-refractivity contribution in [2.45, 2.75) is 19.8 Å². The Labute approximate surface area is 144 Å². The van der Waals surface area contributed by atoms with E-state index in [0.29, 0.717) is 18.8 Å². The van der Waals surface area contributed by atoms with Crippen LogP contribution in [0.4, 0.5) is 5.69 Å². The van der Waals surface area contributed by atoms with E-state index >= 15 is 0 Å². The van der Waals surface area contributed by atoms with Crippen molar-refractivity contribution in [3.8, 4) is 0 Å². The number of carbonyl (C=O) groups excluding carboxylic acids is 2. The second kappa shape index (κ2) is 7.67. The topological polar surface area (TPSA) is 85.6 Å². The van der Waals surface area contributed by atoms with E-state index in [2.05, 4.69) is 14.1 Å². The molecule has 1 saturated heterocycles. The molecule has 1 fully saturated rings. The van der Waals surface area contributed by atoms with E-state index in [1.807, 2.05) is 25.1 Å². The van der Waals surface area contributed by atoms with Crippen LogP contribution < -0.4 is 10.2 Å². The molecule has 0 spiro atoms. The molecule has 1 amide bonds. The van der Waals surface area contributed by atoms with E-state index in [9.17, 15) is 9.59 Å². The molecular formula is C16H21N4O3S+. The lowest BCUT2D eigenvalue weighted by Crippen LogP contribution is -3.14. The van der Waals surface area contributed by atoms with Gasteiger partial charge in [0.15, 0.2) is 6.54 Å². The second-order valence-corrected chi connectivity index (χ2v) is 6.47. The summed E-state index contributed by atoms with van der Waals surface area (Å²) < 4.78 is 13.5. The van der Waals surface area contributed by atoms with Crippen molar-refractivity contribution in [2.75, 3.05) is 31.6 Å². The number of hydrogen-bond donors (Lipinski definition) is 2. The third-order valence-corrected chi connectivity index (χ3v) is 4.83. The first-order valence-electron chi connectivity index (χ1n) is 8.18. The third kappa shape index (κ3) is 3.88. The van der Waals surface area contributed by atoms with Crippen LogP contribution in [0.2, 0.25) is 0 Å². The maximum atomic E-state index is 12.3. The number of piperidine rings is 1. The van der Waals surface area contributed by atoms with E-state index in [0.717, 1.165) is 48.7 Å². The number of quaternary nitrogens is 1. The molecule has 2 aromatic rings. The van der Waals surface area contributed by atoms with Crippen molar-refractivity contribution in [3.63, 3.8) is 0 Å². The number of nitrogens with zero attached hydrogens (tertiary/aromatic N) is 2. The van der Waals surface area contributed by atoms with Crippen molar-refractivity contribution in [1.29, 1.82) is 0 Å². The van der Waals surface area contributed by atoms with Crippen LogP contribution in [0.5, 0.6) is 0 Å². The number of hydrogen-bond acceptors (Lipinski definition) is 6. The Kier molecular flexibility index (Phi) is 5.37. The highest BCUT2D eigenvalue weighted by Gasteiger charge is 2.29. The molecule has 0 bridgehead atoms. The highest BCUT2D eigenvalue weighted by atomic mass is 32.1. The highest BCUT2D eigenvalue weighted by molar-refractivity contribution is 7.00. The molecule has 0 saturated carbocycles. The summed E-state index contributed by atoms with van der Waals surface area (Å²) in [6, 6.07) is 5.57. The van der Waals surface area contributed by atoms with Crippen LogP contribution in [0.3, 0.4) is 0 Å². The Morgan fingerprint density at radius 3 is 2.88 bits per heavy atom. The molecule has 128 valence electrons. The monoisotopic (exact) mass is 349 g/mol. The molecule has 1 aliphatic heterocycles. The fourth-order valence-electron chi connectivity index (χ4n) is 3.03. The number of esters is 1. The zero-order valence-electron chi connectivity index (χ0n) is 13.6. The first kappa shape index (κ1) is 16.8. The number of aromatic nitrogens is 2. The van der Waals surface area contributed by atoms with Crippen LogP contribution in [-0.2, 0) is 14.3 Å². The van der Waals surface area contributed by atoms with E-state index in [1.165, 1.54) is 4.90 Å². The molecule has 1 aliphatic rings. The van der Waals surface area contributed by atoms with Gasteiger partial charge in [-0.2, -0.15) is 8.75 Å². The summed E-state index contributed by atoms with van der Waals surface area (Å²) in [7, 11) is 0. The number of rotatable bonds is 5. The Bertz CT molecular complexity index is 725. The number of ether oxygens (including phenoxy) is 1. The minimum Gasteiger partial charge on any atom is -0.466 e. The van der Waals surface area contributed by atoms with Crippen molar-refractivity contribution in [3.05, 3.63) is 18.2 Å². The van der Waals surface area contributed by atoms with Crippen LogP contribution in [0.1, 0.15) is 19.8 Å². The number of carbonyl (C=O) groups is 2. The normalized spacial score (nSPS) is 20.7. The molecule has 1 aromatic carbocycles. The number of anilines is 1. The van der Waals surface area contributed by atoms with Gasteiger partial charge in [-0.1, -0.05) is 6.07 Å². The molecule has 2 heterocycles. The van der Waals surface area contributed by atoms with E-state index in [1.54, 1.807) is 0 Å². The van der Waals surface area contributed by atoms with Crippen LogP contribution in [0, 0.1) is 5.92 Å². The number of likely N-dealkylation sites (tertiary alicyclic amines) is 1. The molecule has 3 rings (SSSR count). The maximum absolute atomic E-state index is 12.3. The molecule has 0 radical (unpaired) electrons. The van der Waals surface area contributed by atoms with Gasteiger partial charge in [-0.15, -0.1) is 0 Å². The van der Waals surface area contributed by atoms with Crippen LogP contribution >= 0.6 is 11.7 Å². The number of nitrogens with one attached hydrogen (secondary N) is 2. The first-order chi connectivity index (χ1) is 11.7. The van der Waals surface area contributed by atoms with E-state index in [4.69, 9.17) is 4.74 Å². The summed E-state index contributed by atoms with van der Waals surface area (Å²) in [5.41, 5.74) is 2.22. The average molecular weight is 349 g/mol. The number of fused-ring (bicyclic) bond motifs is 1. The minimum atomic E-state index is -0.108. The second-order valence-electron chi connectivity index (χ2n) is 5.94. The first-order valence-corrected chi connectivity index (χ1v) is 8.91. The zero-order chi connectivity index (χ0) is 16.9. The largest absolute Gasteiger partial charge is 0.466 e. The molecule has 8 heteroatoms. The predicted molar refractivity (Wildman–Crippen MR) is 91.0 cm³/mol. The zero-order valence-corrected chi connectivity index (χ0v) is 14.4. The van der Waals surface area contributed by atoms with Gasteiger partial charge in [-0.05, 0) is 19.1 Å². The van der Waals surface area contributed by atoms with Gasteiger partial charge in [0.25, 0.3) is 5.91 Å². The Morgan fingerprint density at radius 1 is 1.33 bits per heavy atom. The van der Waals surface area contributed by atoms with Crippen molar-refractivity contribution in [1.82, 2.24) is 8.75 Å². The highest BCUT2D eigenvalue weighted by Crippen LogP contribution is 2.20. The molecule has 0 atom stereocenters. The standard InChI is InChI=1S/C16H20N4O3S/c1-2-23-16(22)11-6-8-20(9-7-11)10-14(21)17-12-4-3-5-13-15(12)19-24-18-13/h3-5,11H,2,6-10H2,1H3,(H,17,21)/p+1. The van der Waals surface area contributed by atoms with E-state index in [-0.39, 0.29) is 17.8 Å². The molecule has 0 unspecified atom stereocenters. The van der Waals surface area contributed by atoms with Crippen LogP contribution in [0.25, 0.3) is 11.0 Å². The summed E-state index contributed by atoms with van der Waals surface area (Å²) in [6.07, 6.45) is 1.54. The smallest absolute Gasteiger partial charge is 0.309 e. The average Bonchev–Trinajstić information content (AvgIpc) is 3.05. The molecule has 1 aromatic heterocycles. The molecule has 0 aliphatic carbocycles. The van der Waals surface area contributed by atoms with Gasteiger partial charge in [0.2, 0.25) is 0 Å². The summed E-state index contributed by atoms with van der Waals surface area (Å²) >= 11 is 1.14. The molecule has 7 nitrogen and oxygen atoms in total. The van der Waals surface area contributed by atoms with Gasteiger partial charge in [-0.25, -0.2) is 0 Å². The van der Waals surface area contributed by atoms with Gasteiger partial charge in [0.1, 0.15) is 11.0 Å². The van der Waals surface area contributed by atoms with Gasteiger partial charge >= 0.3 is 5.97 Å². The summed E-state index contributed by atoms with van der Waals surface area (Å²) in [4.78, 5) is 25.2. The van der Waals surface area contributed by atoms with Gasteiger partial charge in [0, 0.05) is 12.8 Å². The fourth-order valence-corrected chi connectivity index (χ4v) is 3.58. The predicted octanol–water partition coefficient (Wildman–Crippen LogP) is 0.488. The Hall–Kier alpha value is -2.06. The summed E-state index contributed by atoms with van der Waals surface area (Å²) in [5.74, 6) is -0.171. The minimum absolute atomic E-state index is 0.0217. The van der Waals surface area contributed by atoms with Gasteiger partial charge in [-0.3, -0.25) is 9.59 Å². The molecule has 2 N–H and O–H groups in total. The summed E-state index contributed by atoms with van der Waals surface area (Å²) in [6.45, 7) is 4.24. The van der Waals surface area contributed by atoms with E-state index < -0.39 is 0 Å². The Balaban J connectivity index is 1.51. The molecule has 24 heavy (non-hydrogen) atoms. The lowest BCUT2D eigenvalue weighted by molar-refractivity contribution is -0.897. The summed E-state index contributed by atoms with van der Waals surface area (Å²) in [5, 5.41) is 2.93. The van der Waals surface area contributed by atoms with Crippen molar-refractivity contribution >= 4 is 40.3 Å². The fraction of sp³-hybridized carbons (Fsp3) is 0.500. The lowest BCUT2D eigenvalue weighted by atomic mass is 9.97. The van der Waals surface area contributed by atoms with Gasteiger partial charge < -0.3 is 15.0 Å². The van der Waals surface area contributed by atoms with Crippen molar-refractivity contribution < 1.29 is 19.2 Å². The van der Waals surface area contributed by atoms with Crippen LogP contribution in [-0.4, -0.2) is 46.9 Å². The Morgan fingerprint density at radius 2 is 2.12 bits per heavy atom. The maximum Gasteiger partial charge on any atom is 0.309 e. The third-order valence-electron chi connectivity index (χ3n) is 4.28. The number of benzene rings is 1. The SMILES string of the molecule is CCOC(=O)C1CC[NH+](CC(=O)Nc2cccc3nsnc23)CC1. The molecular weight excluding hydrogens is 328 g/mol. The van der Waals surface area contributed by atoms with Gasteiger partial charge in [0.05, 0.1) is 43.0 Å². The van der Waals surface area contributed by atoms with Crippen LogP contribution in [0.15, 0.2) is 18.2 Å². The lowest BCUT2D eigenvalue weighted by Gasteiger charge is -2.27. The number of amides is 1.